The van der Waals surface area contributed by atoms with Crippen LogP contribution in [0.3, 0.4) is 0 Å². The van der Waals surface area contributed by atoms with E-state index in [0.717, 1.165) is 16.1 Å². The van der Waals surface area contributed by atoms with Crippen LogP contribution in [0.2, 0.25) is 10.0 Å². The summed E-state index contributed by atoms with van der Waals surface area (Å²) in [5, 5.41) is 12.1. The monoisotopic (exact) mass is 514 g/mol. The number of hydrogen-bond donors (Lipinski definition) is 1. The fraction of sp³-hybridized carbons (Fsp3) is 0.250. The first-order chi connectivity index (χ1) is 15.1. The molecule has 1 heterocycles. The van der Waals surface area contributed by atoms with E-state index < -0.39 is 22.0 Å². The second-order valence-electron chi connectivity index (χ2n) is 6.71. The molecule has 0 aliphatic rings. The van der Waals surface area contributed by atoms with Crippen LogP contribution in [0.5, 0.6) is 5.75 Å². The minimum atomic E-state index is -3.81. The normalized spacial score (nSPS) is 12.3. The molecule has 1 aromatic heterocycles. The fourth-order valence-corrected chi connectivity index (χ4v) is 5.24. The lowest BCUT2D eigenvalue weighted by Gasteiger charge is -2.30. The van der Waals surface area contributed by atoms with Gasteiger partial charge in [-0.2, -0.15) is 0 Å². The van der Waals surface area contributed by atoms with Gasteiger partial charge in [0.05, 0.1) is 29.1 Å². The van der Waals surface area contributed by atoms with Crippen LogP contribution >= 0.6 is 34.5 Å². The largest absolute Gasteiger partial charge is 0.497 e. The molecule has 0 bridgehead atoms. The van der Waals surface area contributed by atoms with Gasteiger partial charge in [-0.3, -0.25) is 14.4 Å². The van der Waals surface area contributed by atoms with Crippen molar-refractivity contribution in [3.63, 3.8) is 0 Å². The number of halogens is 2. The third kappa shape index (κ3) is 5.50. The summed E-state index contributed by atoms with van der Waals surface area (Å²) in [4.78, 5) is 13.0. The van der Waals surface area contributed by atoms with Gasteiger partial charge in [0.2, 0.25) is 21.1 Å². The summed E-state index contributed by atoms with van der Waals surface area (Å²) in [5.41, 5.74) is 1.05. The van der Waals surface area contributed by atoms with E-state index in [1.165, 1.54) is 29.5 Å². The highest BCUT2D eigenvalue weighted by atomic mass is 35.5. The van der Waals surface area contributed by atoms with Gasteiger partial charge in [0.1, 0.15) is 16.8 Å². The van der Waals surface area contributed by atoms with E-state index in [1.807, 2.05) is 12.1 Å². The molecule has 3 rings (SSSR count). The lowest BCUT2D eigenvalue weighted by molar-refractivity contribution is -0.117. The first kappa shape index (κ1) is 24.2. The number of carbonyl (C=O) groups excluding carboxylic acids is 1. The number of benzene rings is 2. The molecular weight excluding hydrogens is 495 g/mol. The molecule has 0 fully saturated rings. The van der Waals surface area contributed by atoms with Crippen LogP contribution in [0.15, 0.2) is 42.5 Å². The molecule has 0 aliphatic heterocycles. The fourth-order valence-electron chi connectivity index (χ4n) is 3.00. The Labute approximate surface area is 200 Å². The summed E-state index contributed by atoms with van der Waals surface area (Å²) in [5.74, 6) is 0.169. The van der Waals surface area contributed by atoms with Crippen LogP contribution in [-0.4, -0.2) is 43.9 Å². The number of aromatic nitrogens is 2. The van der Waals surface area contributed by atoms with Gasteiger partial charge in [-0.1, -0.05) is 41.5 Å². The highest BCUT2D eigenvalue weighted by Gasteiger charge is 2.32. The molecule has 1 atom stereocenters. The molecule has 0 aliphatic carbocycles. The molecule has 12 heteroatoms. The van der Waals surface area contributed by atoms with Gasteiger partial charge in [0.15, 0.2) is 0 Å². The number of rotatable bonds is 8. The maximum Gasteiger partial charge on any atom is 0.250 e. The van der Waals surface area contributed by atoms with E-state index in [1.54, 1.807) is 26.2 Å². The number of hydrogen-bond acceptors (Lipinski definition) is 7. The molecule has 3 aromatic rings. The quantitative estimate of drug-likeness (QED) is 0.467. The number of ether oxygens (including phenoxy) is 1. The lowest BCUT2D eigenvalue weighted by atomic mass is 10.2. The number of nitrogens with zero attached hydrogens (tertiary/aromatic N) is 3. The standard InChI is InChI=1S/C20H20Cl2N4O4S2/c1-4-17(26(32(3,28)29)13-7-10-15(21)16(22)11-13)18(27)23-20-25-24-19(31-20)12-5-8-14(30-2)9-6-12/h5-11,17H,4H2,1-3H3,(H,23,25,27). The molecule has 8 nitrogen and oxygen atoms in total. The van der Waals surface area contributed by atoms with Crippen LogP contribution < -0.4 is 14.4 Å². The minimum Gasteiger partial charge on any atom is -0.497 e. The van der Waals surface area contributed by atoms with Crippen LogP contribution in [0.4, 0.5) is 10.8 Å². The highest BCUT2D eigenvalue weighted by molar-refractivity contribution is 7.92. The number of amides is 1. The Bertz CT molecular complexity index is 1220. The number of sulfonamides is 1. The first-order valence-corrected chi connectivity index (χ1v) is 12.8. The van der Waals surface area contributed by atoms with Crippen molar-refractivity contribution >= 4 is 61.3 Å². The van der Waals surface area contributed by atoms with Crippen molar-refractivity contribution < 1.29 is 17.9 Å². The molecule has 1 unspecified atom stereocenters. The van der Waals surface area contributed by atoms with Gasteiger partial charge in [0.25, 0.3) is 0 Å². The van der Waals surface area contributed by atoms with Crippen molar-refractivity contribution in [1.82, 2.24) is 10.2 Å². The minimum absolute atomic E-state index is 0.182. The molecule has 0 radical (unpaired) electrons. The summed E-state index contributed by atoms with van der Waals surface area (Å²) in [6.07, 6.45) is 1.24. The molecule has 1 amide bonds. The zero-order chi connectivity index (χ0) is 23.5. The summed E-state index contributed by atoms with van der Waals surface area (Å²) in [7, 11) is -2.24. The zero-order valence-corrected chi connectivity index (χ0v) is 20.5. The van der Waals surface area contributed by atoms with Crippen molar-refractivity contribution in [3.05, 3.63) is 52.5 Å². The van der Waals surface area contributed by atoms with E-state index in [0.29, 0.717) is 10.8 Å². The van der Waals surface area contributed by atoms with Gasteiger partial charge in [-0.15, -0.1) is 10.2 Å². The van der Waals surface area contributed by atoms with Gasteiger partial charge >= 0.3 is 0 Å². The summed E-state index contributed by atoms with van der Waals surface area (Å²) >= 11 is 13.2. The van der Waals surface area contributed by atoms with Gasteiger partial charge in [0, 0.05) is 5.56 Å². The predicted octanol–water partition coefficient (Wildman–Crippen LogP) is 4.70. The lowest BCUT2D eigenvalue weighted by Crippen LogP contribution is -2.47. The second-order valence-corrected chi connectivity index (χ2v) is 10.4. The van der Waals surface area contributed by atoms with Crippen molar-refractivity contribution in [2.24, 2.45) is 0 Å². The molecule has 2 aromatic carbocycles. The highest BCUT2D eigenvalue weighted by Crippen LogP contribution is 2.31. The Hall–Kier alpha value is -2.40. The van der Waals surface area contributed by atoms with Crippen LogP contribution in [0.1, 0.15) is 13.3 Å². The van der Waals surface area contributed by atoms with E-state index >= 15 is 0 Å². The summed E-state index contributed by atoms with van der Waals surface area (Å²) in [6.45, 7) is 1.71. The molecular formula is C20H20Cl2N4O4S2. The Morgan fingerprint density at radius 3 is 2.41 bits per heavy atom. The van der Waals surface area contributed by atoms with E-state index in [2.05, 4.69) is 15.5 Å². The number of carbonyl (C=O) groups is 1. The molecule has 0 saturated heterocycles. The van der Waals surface area contributed by atoms with Crippen molar-refractivity contribution in [3.8, 4) is 16.3 Å². The average molecular weight is 515 g/mol. The summed E-state index contributed by atoms with van der Waals surface area (Å²) < 4.78 is 31.3. The van der Waals surface area contributed by atoms with E-state index in [4.69, 9.17) is 27.9 Å². The molecule has 170 valence electrons. The molecule has 0 spiro atoms. The van der Waals surface area contributed by atoms with E-state index in [-0.39, 0.29) is 27.3 Å². The summed E-state index contributed by atoms with van der Waals surface area (Å²) in [6, 6.07) is 10.6. The SMILES string of the molecule is CCC(C(=O)Nc1nnc(-c2ccc(OC)cc2)s1)N(c1ccc(Cl)c(Cl)c1)S(C)(=O)=O. The van der Waals surface area contributed by atoms with Gasteiger partial charge in [-0.05, 0) is 48.9 Å². The first-order valence-electron chi connectivity index (χ1n) is 9.37. The molecule has 1 N–H and O–H groups in total. The molecule has 0 saturated carbocycles. The Kier molecular flexibility index (Phi) is 7.60. The second kappa shape index (κ2) is 10.0. The number of nitrogens with one attached hydrogen (secondary N) is 1. The van der Waals surface area contributed by atoms with Crippen molar-refractivity contribution in [1.29, 1.82) is 0 Å². The van der Waals surface area contributed by atoms with Crippen molar-refractivity contribution in [2.45, 2.75) is 19.4 Å². The zero-order valence-electron chi connectivity index (χ0n) is 17.4. The Balaban J connectivity index is 1.85. The average Bonchev–Trinajstić information content (AvgIpc) is 3.21. The van der Waals surface area contributed by atoms with Crippen LogP contribution in [0, 0.1) is 0 Å². The third-order valence-electron chi connectivity index (χ3n) is 4.48. The predicted molar refractivity (Wildman–Crippen MR) is 128 cm³/mol. The number of methoxy groups -OCH3 is 1. The maximum absolute atomic E-state index is 13.0. The third-order valence-corrected chi connectivity index (χ3v) is 7.29. The van der Waals surface area contributed by atoms with Gasteiger partial charge in [-0.25, -0.2) is 8.42 Å². The van der Waals surface area contributed by atoms with Gasteiger partial charge < -0.3 is 4.74 Å². The Morgan fingerprint density at radius 2 is 1.84 bits per heavy atom. The maximum atomic E-state index is 13.0. The Morgan fingerprint density at radius 1 is 1.16 bits per heavy atom. The van der Waals surface area contributed by atoms with Crippen LogP contribution in [-0.2, 0) is 14.8 Å². The van der Waals surface area contributed by atoms with Crippen LogP contribution in [0.25, 0.3) is 10.6 Å². The topological polar surface area (TPSA) is 101 Å². The molecule has 32 heavy (non-hydrogen) atoms. The van der Waals surface area contributed by atoms with E-state index in [9.17, 15) is 13.2 Å². The van der Waals surface area contributed by atoms with Crippen molar-refractivity contribution in [2.75, 3.05) is 23.0 Å². The number of anilines is 2. The smallest absolute Gasteiger partial charge is 0.250 e.